The van der Waals surface area contributed by atoms with E-state index in [4.69, 9.17) is 4.74 Å². The molecule has 0 spiro atoms. The molecule has 1 fully saturated rings. The molecule has 0 atom stereocenters. The zero-order valence-corrected chi connectivity index (χ0v) is 15.2. The Labute approximate surface area is 153 Å². The van der Waals surface area contributed by atoms with E-state index in [1.165, 1.54) is 0 Å². The van der Waals surface area contributed by atoms with E-state index in [1.807, 2.05) is 54.9 Å². The Morgan fingerprint density at radius 3 is 2.50 bits per heavy atom. The van der Waals surface area contributed by atoms with Gasteiger partial charge >= 0.3 is 0 Å². The maximum absolute atomic E-state index is 13.1. The van der Waals surface area contributed by atoms with Crippen molar-refractivity contribution >= 4 is 28.2 Å². The second-order valence-electron chi connectivity index (χ2n) is 6.62. The number of fused-ring (bicyclic) bond motifs is 1. The summed E-state index contributed by atoms with van der Waals surface area (Å²) in [5.41, 5.74) is 4.65. The number of ether oxygens (including phenoxy) is 1. The highest BCUT2D eigenvalue weighted by Gasteiger charge is 2.20. The lowest BCUT2D eigenvalue weighted by molar-refractivity contribution is 0.101. The molecule has 26 heavy (non-hydrogen) atoms. The molecule has 0 saturated carbocycles. The average molecular weight is 349 g/mol. The first-order valence-corrected chi connectivity index (χ1v) is 8.94. The number of amides is 1. The number of nitrogens with one attached hydrogen (secondary N) is 1. The summed E-state index contributed by atoms with van der Waals surface area (Å²) in [6.45, 7) is 5.10. The van der Waals surface area contributed by atoms with Crippen molar-refractivity contribution in [2.75, 3.05) is 36.5 Å². The van der Waals surface area contributed by atoms with Gasteiger partial charge in [0.15, 0.2) is 0 Å². The van der Waals surface area contributed by atoms with Crippen molar-refractivity contribution in [3.05, 3.63) is 59.8 Å². The van der Waals surface area contributed by atoms with Crippen molar-refractivity contribution in [1.82, 2.24) is 4.57 Å². The standard InChI is InChI=1S/C21H23N3O2/c1-15-16-7-3-5-9-18(16)23(2)20(15)21(25)22-17-8-4-6-10-19(17)24-11-13-26-14-12-24/h3-10H,11-14H2,1-2H3,(H,22,25). The third-order valence-electron chi connectivity index (χ3n) is 5.08. The molecule has 1 N–H and O–H groups in total. The van der Waals surface area contributed by atoms with Crippen molar-refractivity contribution in [2.45, 2.75) is 6.92 Å². The smallest absolute Gasteiger partial charge is 0.272 e. The minimum absolute atomic E-state index is 0.0816. The van der Waals surface area contributed by atoms with E-state index in [2.05, 4.69) is 22.3 Å². The lowest BCUT2D eigenvalue weighted by atomic mass is 10.1. The molecule has 5 heteroatoms. The van der Waals surface area contributed by atoms with Gasteiger partial charge in [-0.25, -0.2) is 0 Å². The number of para-hydroxylation sites is 3. The van der Waals surface area contributed by atoms with Crippen LogP contribution in [-0.2, 0) is 11.8 Å². The summed E-state index contributed by atoms with van der Waals surface area (Å²) in [5, 5.41) is 4.24. The van der Waals surface area contributed by atoms with Gasteiger partial charge in [-0.2, -0.15) is 0 Å². The average Bonchev–Trinajstić information content (AvgIpc) is 2.94. The number of aromatic nitrogens is 1. The van der Waals surface area contributed by atoms with Gasteiger partial charge in [0.05, 0.1) is 24.6 Å². The number of benzene rings is 2. The predicted octanol–water partition coefficient (Wildman–Crippen LogP) is 3.58. The minimum Gasteiger partial charge on any atom is -0.378 e. The van der Waals surface area contributed by atoms with Crippen molar-refractivity contribution in [3.63, 3.8) is 0 Å². The molecule has 1 amide bonds. The maximum Gasteiger partial charge on any atom is 0.272 e. The molecule has 0 radical (unpaired) electrons. The van der Waals surface area contributed by atoms with Gasteiger partial charge in [-0.3, -0.25) is 4.79 Å². The first-order valence-electron chi connectivity index (χ1n) is 8.94. The topological polar surface area (TPSA) is 46.5 Å². The van der Waals surface area contributed by atoms with Crippen molar-refractivity contribution in [3.8, 4) is 0 Å². The van der Waals surface area contributed by atoms with Gasteiger partial charge in [0.1, 0.15) is 5.69 Å². The van der Waals surface area contributed by atoms with E-state index in [0.29, 0.717) is 18.9 Å². The molecule has 5 nitrogen and oxygen atoms in total. The lowest BCUT2D eigenvalue weighted by Gasteiger charge is -2.30. The summed E-state index contributed by atoms with van der Waals surface area (Å²) in [6.07, 6.45) is 0. The molecule has 2 heterocycles. The highest BCUT2D eigenvalue weighted by Crippen LogP contribution is 2.29. The summed E-state index contributed by atoms with van der Waals surface area (Å²) in [5.74, 6) is -0.0816. The molecule has 134 valence electrons. The minimum atomic E-state index is -0.0816. The molecule has 4 rings (SSSR count). The Bertz CT molecular complexity index is 916. The van der Waals surface area contributed by atoms with Crippen molar-refractivity contribution in [2.24, 2.45) is 7.05 Å². The van der Waals surface area contributed by atoms with Crippen LogP contribution in [0.3, 0.4) is 0 Å². The van der Waals surface area contributed by atoms with Crippen LogP contribution in [0.1, 0.15) is 16.1 Å². The largest absolute Gasteiger partial charge is 0.378 e. The maximum atomic E-state index is 13.1. The van der Waals surface area contributed by atoms with Crippen LogP contribution < -0.4 is 10.2 Å². The van der Waals surface area contributed by atoms with Crippen LogP contribution in [-0.4, -0.2) is 36.8 Å². The number of carbonyl (C=O) groups excluding carboxylic acids is 1. The third kappa shape index (κ3) is 2.84. The SMILES string of the molecule is Cc1c(C(=O)Nc2ccccc2N2CCOCC2)n(C)c2ccccc12. The van der Waals surface area contributed by atoms with Crippen LogP contribution >= 0.6 is 0 Å². The molecule has 0 bridgehead atoms. The predicted molar refractivity (Wildman–Crippen MR) is 105 cm³/mol. The molecule has 0 aliphatic carbocycles. The fourth-order valence-corrected chi connectivity index (χ4v) is 3.75. The molecule has 1 saturated heterocycles. The van der Waals surface area contributed by atoms with Crippen LogP contribution in [0.15, 0.2) is 48.5 Å². The number of aryl methyl sites for hydroxylation is 2. The third-order valence-corrected chi connectivity index (χ3v) is 5.08. The van der Waals surface area contributed by atoms with E-state index in [1.54, 1.807) is 0 Å². The molecular weight excluding hydrogens is 326 g/mol. The lowest BCUT2D eigenvalue weighted by Crippen LogP contribution is -2.36. The number of carbonyl (C=O) groups is 1. The summed E-state index contributed by atoms with van der Waals surface area (Å²) < 4.78 is 7.41. The number of rotatable bonds is 3. The summed E-state index contributed by atoms with van der Waals surface area (Å²) in [7, 11) is 1.94. The van der Waals surface area contributed by atoms with Gasteiger partial charge in [-0.1, -0.05) is 30.3 Å². The number of anilines is 2. The second-order valence-corrected chi connectivity index (χ2v) is 6.62. The molecule has 1 aliphatic rings. The molecule has 3 aromatic rings. The summed E-state index contributed by atoms with van der Waals surface area (Å²) in [6, 6.07) is 16.1. The van der Waals surface area contributed by atoms with E-state index in [0.717, 1.165) is 40.9 Å². The quantitative estimate of drug-likeness (QED) is 0.786. The van der Waals surface area contributed by atoms with Crippen LogP contribution in [0.2, 0.25) is 0 Å². The second kappa shape index (κ2) is 6.84. The fraction of sp³-hybridized carbons (Fsp3) is 0.286. The number of hydrogen-bond donors (Lipinski definition) is 1. The summed E-state index contributed by atoms with van der Waals surface area (Å²) >= 11 is 0. The first kappa shape index (κ1) is 16.7. The van der Waals surface area contributed by atoms with Gasteiger partial charge in [0.25, 0.3) is 5.91 Å². The van der Waals surface area contributed by atoms with Gasteiger partial charge in [0.2, 0.25) is 0 Å². The molecule has 0 unspecified atom stereocenters. The Balaban J connectivity index is 1.68. The van der Waals surface area contributed by atoms with Crippen molar-refractivity contribution < 1.29 is 9.53 Å². The first-order chi connectivity index (χ1) is 12.7. The van der Waals surface area contributed by atoms with Gasteiger partial charge in [-0.15, -0.1) is 0 Å². The van der Waals surface area contributed by atoms with E-state index >= 15 is 0 Å². The molecule has 1 aliphatic heterocycles. The van der Waals surface area contributed by atoms with Gasteiger partial charge in [-0.05, 0) is 30.7 Å². The number of nitrogens with zero attached hydrogens (tertiary/aromatic N) is 2. The fourth-order valence-electron chi connectivity index (χ4n) is 3.75. The van der Waals surface area contributed by atoms with Gasteiger partial charge < -0.3 is 19.5 Å². The zero-order chi connectivity index (χ0) is 18.1. The van der Waals surface area contributed by atoms with Gasteiger partial charge in [0, 0.05) is 31.0 Å². The van der Waals surface area contributed by atoms with Crippen LogP contribution in [0, 0.1) is 6.92 Å². The Morgan fingerprint density at radius 1 is 1.04 bits per heavy atom. The normalized spacial score (nSPS) is 14.6. The number of morpholine rings is 1. The van der Waals surface area contributed by atoms with Crippen LogP contribution in [0.4, 0.5) is 11.4 Å². The van der Waals surface area contributed by atoms with Crippen LogP contribution in [0.25, 0.3) is 10.9 Å². The summed E-state index contributed by atoms with van der Waals surface area (Å²) in [4.78, 5) is 15.3. The number of hydrogen-bond acceptors (Lipinski definition) is 3. The highest BCUT2D eigenvalue weighted by atomic mass is 16.5. The highest BCUT2D eigenvalue weighted by molar-refractivity contribution is 6.09. The molecule has 1 aromatic heterocycles. The van der Waals surface area contributed by atoms with E-state index in [-0.39, 0.29) is 5.91 Å². The Hall–Kier alpha value is -2.79. The van der Waals surface area contributed by atoms with E-state index < -0.39 is 0 Å². The Kier molecular flexibility index (Phi) is 4.39. The van der Waals surface area contributed by atoms with E-state index in [9.17, 15) is 4.79 Å². The monoisotopic (exact) mass is 349 g/mol. The van der Waals surface area contributed by atoms with Crippen LogP contribution in [0.5, 0.6) is 0 Å². The molecular formula is C21H23N3O2. The van der Waals surface area contributed by atoms with Crippen molar-refractivity contribution in [1.29, 1.82) is 0 Å². The zero-order valence-electron chi connectivity index (χ0n) is 15.2. The molecule has 2 aromatic carbocycles. The Morgan fingerprint density at radius 2 is 1.73 bits per heavy atom.